The molecule has 2 aliphatic heterocycles. The van der Waals surface area contributed by atoms with E-state index in [0.29, 0.717) is 31.9 Å². The first-order valence-electron chi connectivity index (χ1n) is 10.8. The van der Waals surface area contributed by atoms with Crippen LogP contribution < -0.4 is 4.90 Å². The highest BCUT2D eigenvalue weighted by Gasteiger charge is 2.32. The van der Waals surface area contributed by atoms with Crippen molar-refractivity contribution in [1.82, 2.24) is 14.7 Å². The zero-order valence-electron chi connectivity index (χ0n) is 18.1. The molecule has 2 aromatic rings. The van der Waals surface area contributed by atoms with Crippen LogP contribution in [0.5, 0.6) is 0 Å². The Morgan fingerprint density at radius 2 is 1.65 bits per heavy atom. The summed E-state index contributed by atoms with van der Waals surface area (Å²) in [6, 6.07) is 9.19. The molecule has 1 aromatic carbocycles. The minimum atomic E-state index is -0.171. The summed E-state index contributed by atoms with van der Waals surface area (Å²) in [4.78, 5) is 33.7. The molecule has 1 unspecified atom stereocenters. The monoisotopic (exact) mass is 444 g/mol. The number of hydrogen-bond donors (Lipinski definition) is 0. The molecule has 0 saturated carbocycles. The molecule has 2 saturated heterocycles. The Hall–Kier alpha value is -2.51. The Balaban J connectivity index is 1.28. The molecule has 1 atom stereocenters. The van der Waals surface area contributed by atoms with Gasteiger partial charge in [-0.15, -0.1) is 0 Å². The number of carbonyl (C=O) groups is 2. The van der Waals surface area contributed by atoms with Crippen molar-refractivity contribution in [3.8, 4) is 0 Å². The molecule has 0 N–H and O–H groups in total. The van der Waals surface area contributed by atoms with E-state index in [9.17, 15) is 9.59 Å². The lowest BCUT2D eigenvalue weighted by atomic mass is 10.1. The van der Waals surface area contributed by atoms with Gasteiger partial charge < -0.3 is 19.1 Å². The zero-order valence-corrected chi connectivity index (χ0v) is 18.8. The van der Waals surface area contributed by atoms with E-state index < -0.39 is 0 Å². The number of furan rings is 1. The number of nitrogens with zero attached hydrogens (tertiary/aromatic N) is 4. The fraction of sp³-hybridized carbons (Fsp3) is 0.478. The quantitative estimate of drug-likeness (QED) is 0.725. The van der Waals surface area contributed by atoms with Gasteiger partial charge in [-0.05, 0) is 43.7 Å². The van der Waals surface area contributed by atoms with Gasteiger partial charge in [0.25, 0.3) is 5.91 Å². The number of aryl methyl sites for hydroxylation is 1. The molecular weight excluding hydrogens is 416 g/mol. The summed E-state index contributed by atoms with van der Waals surface area (Å²) >= 11 is 6.18. The smallest absolute Gasteiger partial charge is 0.289 e. The van der Waals surface area contributed by atoms with Gasteiger partial charge in [0.1, 0.15) is 0 Å². The average Bonchev–Trinajstić information content (AvgIpc) is 3.34. The molecule has 166 valence electrons. The molecule has 4 rings (SSSR count). The van der Waals surface area contributed by atoms with Crippen LogP contribution in [0.15, 0.2) is 41.0 Å². The van der Waals surface area contributed by atoms with E-state index in [1.54, 1.807) is 17.0 Å². The Labute approximate surface area is 188 Å². The minimum Gasteiger partial charge on any atom is -0.459 e. The zero-order chi connectivity index (χ0) is 22.0. The Kier molecular flexibility index (Phi) is 6.53. The van der Waals surface area contributed by atoms with Crippen LogP contribution in [0, 0.1) is 6.92 Å². The summed E-state index contributed by atoms with van der Waals surface area (Å²) in [5.41, 5.74) is 2.38. The molecule has 0 bridgehead atoms. The Bertz CT molecular complexity index is 917. The van der Waals surface area contributed by atoms with Gasteiger partial charge in [0.15, 0.2) is 5.76 Å². The van der Waals surface area contributed by atoms with Crippen molar-refractivity contribution >= 4 is 29.1 Å². The maximum Gasteiger partial charge on any atom is 0.289 e. The number of anilines is 1. The van der Waals surface area contributed by atoms with Crippen molar-refractivity contribution in [3.63, 3.8) is 0 Å². The standard InChI is InChI=1S/C23H29ClN4O3/c1-17-5-6-19(24)16-20(17)26-9-7-25(8-10-26)18(2)22(29)27-11-13-28(14-12-27)23(30)21-4-3-15-31-21/h3-6,15-16,18H,7-14H2,1-2H3. The van der Waals surface area contributed by atoms with Gasteiger partial charge in [0.2, 0.25) is 5.91 Å². The molecule has 0 radical (unpaired) electrons. The first kappa shape index (κ1) is 21.7. The molecule has 2 aliphatic rings. The molecule has 0 aliphatic carbocycles. The summed E-state index contributed by atoms with van der Waals surface area (Å²) in [6.07, 6.45) is 1.50. The summed E-state index contributed by atoms with van der Waals surface area (Å²) < 4.78 is 5.21. The van der Waals surface area contributed by atoms with E-state index >= 15 is 0 Å². The van der Waals surface area contributed by atoms with Crippen LogP contribution in [0.3, 0.4) is 0 Å². The molecule has 7 nitrogen and oxygen atoms in total. The van der Waals surface area contributed by atoms with Gasteiger partial charge in [0.05, 0.1) is 12.3 Å². The van der Waals surface area contributed by atoms with Crippen LogP contribution in [0.1, 0.15) is 23.0 Å². The lowest BCUT2D eigenvalue weighted by molar-refractivity contribution is -0.138. The second-order valence-corrected chi connectivity index (χ2v) is 8.66. The second-order valence-electron chi connectivity index (χ2n) is 8.22. The first-order chi connectivity index (χ1) is 14.9. The molecule has 31 heavy (non-hydrogen) atoms. The summed E-state index contributed by atoms with van der Waals surface area (Å²) in [5.74, 6) is 0.371. The SMILES string of the molecule is Cc1ccc(Cl)cc1N1CCN(C(C)C(=O)N2CCN(C(=O)c3ccco3)CC2)CC1. The van der Waals surface area contributed by atoms with Gasteiger partial charge >= 0.3 is 0 Å². The summed E-state index contributed by atoms with van der Waals surface area (Å²) in [5, 5.41) is 0.747. The van der Waals surface area contributed by atoms with Crippen molar-refractivity contribution in [1.29, 1.82) is 0 Å². The van der Waals surface area contributed by atoms with E-state index in [2.05, 4.69) is 16.7 Å². The van der Waals surface area contributed by atoms with Crippen molar-refractivity contribution in [2.45, 2.75) is 19.9 Å². The molecule has 2 fully saturated rings. The molecule has 2 amide bonds. The molecule has 3 heterocycles. The Morgan fingerprint density at radius 1 is 0.968 bits per heavy atom. The topological polar surface area (TPSA) is 60.2 Å². The van der Waals surface area contributed by atoms with Crippen LogP contribution in [0.25, 0.3) is 0 Å². The van der Waals surface area contributed by atoms with Gasteiger partial charge in [-0.2, -0.15) is 0 Å². The third-order valence-electron chi connectivity index (χ3n) is 6.34. The van der Waals surface area contributed by atoms with Gasteiger partial charge in [-0.1, -0.05) is 17.7 Å². The van der Waals surface area contributed by atoms with Gasteiger partial charge in [-0.25, -0.2) is 0 Å². The van der Waals surface area contributed by atoms with Crippen molar-refractivity contribution in [2.24, 2.45) is 0 Å². The minimum absolute atomic E-state index is 0.113. The number of hydrogen-bond acceptors (Lipinski definition) is 5. The van der Waals surface area contributed by atoms with Crippen molar-refractivity contribution in [2.75, 3.05) is 57.3 Å². The van der Waals surface area contributed by atoms with Crippen LogP contribution in [0.4, 0.5) is 5.69 Å². The predicted octanol–water partition coefficient (Wildman–Crippen LogP) is 2.74. The highest BCUT2D eigenvalue weighted by Crippen LogP contribution is 2.26. The number of halogens is 1. The number of carbonyl (C=O) groups excluding carboxylic acids is 2. The fourth-order valence-electron chi connectivity index (χ4n) is 4.38. The maximum absolute atomic E-state index is 13.1. The second kappa shape index (κ2) is 9.32. The number of rotatable bonds is 4. The van der Waals surface area contributed by atoms with Crippen LogP contribution in [-0.2, 0) is 4.79 Å². The molecule has 0 spiro atoms. The number of benzene rings is 1. The maximum atomic E-state index is 13.1. The lowest BCUT2D eigenvalue weighted by Gasteiger charge is -2.41. The van der Waals surface area contributed by atoms with Gasteiger partial charge in [-0.3, -0.25) is 14.5 Å². The van der Waals surface area contributed by atoms with Crippen LogP contribution >= 0.6 is 11.6 Å². The highest BCUT2D eigenvalue weighted by molar-refractivity contribution is 6.30. The van der Waals surface area contributed by atoms with Gasteiger partial charge in [0, 0.05) is 63.1 Å². The highest BCUT2D eigenvalue weighted by atomic mass is 35.5. The summed E-state index contributed by atoms with van der Waals surface area (Å²) in [7, 11) is 0. The average molecular weight is 445 g/mol. The van der Waals surface area contributed by atoms with E-state index in [-0.39, 0.29) is 17.9 Å². The van der Waals surface area contributed by atoms with E-state index in [1.165, 1.54) is 17.5 Å². The molecular formula is C23H29ClN4O3. The lowest BCUT2D eigenvalue weighted by Crippen LogP contribution is -2.58. The summed E-state index contributed by atoms with van der Waals surface area (Å²) in [6.45, 7) is 9.64. The fourth-order valence-corrected chi connectivity index (χ4v) is 4.55. The van der Waals surface area contributed by atoms with Crippen LogP contribution in [-0.4, -0.2) is 84.9 Å². The molecule has 8 heteroatoms. The first-order valence-corrected chi connectivity index (χ1v) is 11.2. The number of amides is 2. The van der Waals surface area contributed by atoms with Crippen molar-refractivity contribution in [3.05, 3.63) is 52.9 Å². The normalized spacial score (nSPS) is 18.9. The third kappa shape index (κ3) is 4.72. The van der Waals surface area contributed by atoms with E-state index in [4.69, 9.17) is 16.0 Å². The Morgan fingerprint density at radius 3 is 2.29 bits per heavy atom. The van der Waals surface area contributed by atoms with Crippen molar-refractivity contribution < 1.29 is 14.0 Å². The molecule has 1 aromatic heterocycles. The van der Waals surface area contributed by atoms with E-state index in [1.807, 2.05) is 30.0 Å². The third-order valence-corrected chi connectivity index (χ3v) is 6.58. The number of piperazine rings is 2. The van der Waals surface area contributed by atoms with Crippen LogP contribution in [0.2, 0.25) is 5.02 Å². The predicted molar refractivity (Wildman–Crippen MR) is 121 cm³/mol. The largest absolute Gasteiger partial charge is 0.459 e. The van der Waals surface area contributed by atoms with E-state index in [0.717, 1.165) is 31.2 Å².